The molecule has 0 aliphatic carbocycles. The van der Waals surface area contributed by atoms with E-state index in [4.69, 9.17) is 11.6 Å². The highest BCUT2D eigenvalue weighted by molar-refractivity contribution is 7.91. The minimum Gasteiger partial charge on any atom is -0.370 e. The van der Waals surface area contributed by atoms with E-state index in [9.17, 15) is 13.2 Å². The summed E-state index contributed by atoms with van der Waals surface area (Å²) in [5.74, 6) is 0.341. The van der Waals surface area contributed by atoms with Crippen molar-refractivity contribution in [1.82, 2.24) is 0 Å². The Balaban J connectivity index is 2.31. The standard InChI is InChI=1S/C12H14ClNO3S/c1-14(11-4-5-18(16,17)8-11)12-6-10(13)3-2-9(12)7-15/h2-3,6-7,11H,4-5,8H2,1H3. The van der Waals surface area contributed by atoms with Crippen molar-refractivity contribution in [3.63, 3.8) is 0 Å². The second-order valence-corrected chi connectivity index (χ2v) is 7.15. The maximum atomic E-state index is 11.5. The van der Waals surface area contributed by atoms with Crippen LogP contribution in [-0.2, 0) is 9.84 Å². The number of hydrogen-bond acceptors (Lipinski definition) is 4. The van der Waals surface area contributed by atoms with Gasteiger partial charge in [-0.05, 0) is 24.6 Å². The van der Waals surface area contributed by atoms with E-state index in [2.05, 4.69) is 0 Å². The largest absolute Gasteiger partial charge is 0.370 e. The minimum absolute atomic E-state index is 0.0906. The number of anilines is 1. The van der Waals surface area contributed by atoms with Gasteiger partial charge in [0.2, 0.25) is 0 Å². The first kappa shape index (κ1) is 13.4. The summed E-state index contributed by atoms with van der Waals surface area (Å²) in [4.78, 5) is 12.8. The van der Waals surface area contributed by atoms with Gasteiger partial charge in [0, 0.05) is 29.4 Å². The number of hydrogen-bond donors (Lipinski definition) is 0. The van der Waals surface area contributed by atoms with Gasteiger partial charge in [0.25, 0.3) is 0 Å². The highest BCUT2D eigenvalue weighted by Gasteiger charge is 2.31. The van der Waals surface area contributed by atoms with Crippen LogP contribution in [0.2, 0.25) is 5.02 Å². The minimum atomic E-state index is -2.94. The number of halogens is 1. The Morgan fingerprint density at radius 2 is 2.17 bits per heavy atom. The highest BCUT2D eigenvalue weighted by atomic mass is 35.5. The van der Waals surface area contributed by atoms with Crippen LogP contribution in [0.4, 0.5) is 5.69 Å². The van der Waals surface area contributed by atoms with Gasteiger partial charge in [-0.3, -0.25) is 4.79 Å². The molecule has 0 bridgehead atoms. The molecule has 1 atom stereocenters. The quantitative estimate of drug-likeness (QED) is 0.795. The lowest BCUT2D eigenvalue weighted by molar-refractivity contribution is 0.112. The molecule has 1 aliphatic heterocycles. The van der Waals surface area contributed by atoms with Crippen molar-refractivity contribution in [2.75, 3.05) is 23.5 Å². The molecule has 0 N–H and O–H groups in total. The molecule has 6 heteroatoms. The molecule has 0 saturated carbocycles. The van der Waals surface area contributed by atoms with E-state index in [-0.39, 0.29) is 17.5 Å². The van der Waals surface area contributed by atoms with E-state index in [0.29, 0.717) is 22.7 Å². The molecule has 1 heterocycles. The SMILES string of the molecule is CN(c1cc(Cl)ccc1C=O)C1CCS(=O)(=O)C1. The molecule has 0 spiro atoms. The van der Waals surface area contributed by atoms with E-state index in [1.807, 2.05) is 4.90 Å². The van der Waals surface area contributed by atoms with E-state index < -0.39 is 9.84 Å². The third kappa shape index (κ3) is 2.67. The lowest BCUT2D eigenvalue weighted by atomic mass is 10.1. The molecule has 18 heavy (non-hydrogen) atoms. The molecule has 1 aromatic rings. The van der Waals surface area contributed by atoms with Crippen LogP contribution in [0.25, 0.3) is 0 Å². The Bertz CT molecular complexity index is 571. The van der Waals surface area contributed by atoms with E-state index in [1.54, 1.807) is 25.2 Å². The molecule has 0 amide bonds. The number of nitrogens with zero attached hydrogens (tertiary/aromatic N) is 1. The molecular weight excluding hydrogens is 274 g/mol. The zero-order valence-electron chi connectivity index (χ0n) is 9.97. The van der Waals surface area contributed by atoms with Crippen LogP contribution in [0, 0.1) is 0 Å². The van der Waals surface area contributed by atoms with Gasteiger partial charge in [0.05, 0.1) is 11.5 Å². The van der Waals surface area contributed by atoms with Crippen LogP contribution in [0.5, 0.6) is 0 Å². The number of rotatable bonds is 3. The van der Waals surface area contributed by atoms with Gasteiger partial charge in [0.15, 0.2) is 16.1 Å². The van der Waals surface area contributed by atoms with E-state index >= 15 is 0 Å². The summed E-state index contributed by atoms with van der Waals surface area (Å²) in [5, 5.41) is 0.531. The van der Waals surface area contributed by atoms with Crippen molar-refractivity contribution in [2.45, 2.75) is 12.5 Å². The molecule has 1 fully saturated rings. The highest BCUT2D eigenvalue weighted by Crippen LogP contribution is 2.27. The Kier molecular flexibility index (Phi) is 3.64. The summed E-state index contributed by atoms with van der Waals surface area (Å²) in [6.07, 6.45) is 1.34. The molecule has 1 aromatic carbocycles. The van der Waals surface area contributed by atoms with Crippen molar-refractivity contribution in [2.24, 2.45) is 0 Å². The van der Waals surface area contributed by atoms with E-state index in [1.165, 1.54) is 0 Å². The summed E-state index contributed by atoms with van der Waals surface area (Å²) in [5.41, 5.74) is 1.20. The summed E-state index contributed by atoms with van der Waals surface area (Å²) >= 11 is 5.92. The van der Waals surface area contributed by atoms with Crippen molar-refractivity contribution in [3.05, 3.63) is 28.8 Å². The van der Waals surface area contributed by atoms with Gasteiger partial charge in [-0.1, -0.05) is 11.6 Å². The average Bonchev–Trinajstić information content (AvgIpc) is 2.68. The van der Waals surface area contributed by atoms with Crippen LogP contribution in [0.3, 0.4) is 0 Å². The van der Waals surface area contributed by atoms with Gasteiger partial charge in [-0.25, -0.2) is 8.42 Å². The van der Waals surface area contributed by atoms with Gasteiger partial charge >= 0.3 is 0 Å². The smallest absolute Gasteiger partial charge is 0.152 e. The summed E-state index contributed by atoms with van der Waals surface area (Å²) in [6.45, 7) is 0. The maximum absolute atomic E-state index is 11.5. The molecule has 0 radical (unpaired) electrons. The lowest BCUT2D eigenvalue weighted by Gasteiger charge is -2.27. The molecule has 98 valence electrons. The van der Waals surface area contributed by atoms with Crippen molar-refractivity contribution >= 4 is 33.4 Å². The van der Waals surface area contributed by atoms with Crippen LogP contribution < -0.4 is 4.90 Å². The zero-order chi connectivity index (χ0) is 13.3. The Hall–Kier alpha value is -1.07. The fraction of sp³-hybridized carbons (Fsp3) is 0.417. The van der Waals surface area contributed by atoms with E-state index in [0.717, 1.165) is 6.29 Å². The van der Waals surface area contributed by atoms with Gasteiger partial charge < -0.3 is 4.90 Å². The molecule has 1 unspecified atom stereocenters. The second kappa shape index (κ2) is 4.90. The Morgan fingerprint density at radius 3 is 2.72 bits per heavy atom. The first-order valence-electron chi connectivity index (χ1n) is 5.61. The normalized spacial score (nSPS) is 21.8. The number of carbonyl (C=O) groups excluding carboxylic acids is 1. The van der Waals surface area contributed by atoms with Gasteiger partial charge in [-0.2, -0.15) is 0 Å². The first-order chi connectivity index (χ1) is 8.43. The molecule has 1 saturated heterocycles. The predicted molar refractivity (Wildman–Crippen MR) is 72.3 cm³/mol. The van der Waals surface area contributed by atoms with Crippen molar-refractivity contribution in [1.29, 1.82) is 0 Å². The van der Waals surface area contributed by atoms with Gasteiger partial charge in [-0.15, -0.1) is 0 Å². The number of aldehydes is 1. The van der Waals surface area contributed by atoms with Crippen LogP contribution in [0.1, 0.15) is 16.8 Å². The third-order valence-corrected chi connectivity index (χ3v) is 5.24. The predicted octanol–water partition coefficient (Wildman–Crippen LogP) is 1.78. The zero-order valence-corrected chi connectivity index (χ0v) is 11.5. The molecule has 0 aromatic heterocycles. The number of sulfone groups is 1. The fourth-order valence-corrected chi connectivity index (χ4v) is 4.14. The summed E-state index contributed by atoms with van der Waals surface area (Å²) < 4.78 is 23.0. The lowest BCUT2D eigenvalue weighted by Crippen LogP contribution is -2.33. The van der Waals surface area contributed by atoms with Gasteiger partial charge in [0.1, 0.15) is 0 Å². The van der Waals surface area contributed by atoms with Crippen molar-refractivity contribution in [3.8, 4) is 0 Å². The fourth-order valence-electron chi connectivity index (χ4n) is 2.20. The Morgan fingerprint density at radius 1 is 1.44 bits per heavy atom. The van der Waals surface area contributed by atoms with Crippen molar-refractivity contribution < 1.29 is 13.2 Å². The monoisotopic (exact) mass is 287 g/mol. The number of carbonyl (C=O) groups is 1. The second-order valence-electron chi connectivity index (χ2n) is 4.49. The molecular formula is C12H14ClNO3S. The summed E-state index contributed by atoms with van der Waals surface area (Å²) in [6, 6.07) is 4.89. The first-order valence-corrected chi connectivity index (χ1v) is 7.81. The topological polar surface area (TPSA) is 54.5 Å². The van der Waals surface area contributed by atoms with Crippen LogP contribution in [-0.4, -0.2) is 39.3 Å². The third-order valence-electron chi connectivity index (χ3n) is 3.26. The molecule has 2 rings (SSSR count). The van der Waals surface area contributed by atoms with Crippen LogP contribution >= 0.6 is 11.6 Å². The molecule has 1 aliphatic rings. The molecule has 4 nitrogen and oxygen atoms in total. The Labute approximate surface area is 111 Å². The average molecular weight is 288 g/mol. The number of benzene rings is 1. The maximum Gasteiger partial charge on any atom is 0.152 e. The summed E-state index contributed by atoms with van der Waals surface area (Å²) in [7, 11) is -1.15. The van der Waals surface area contributed by atoms with Crippen LogP contribution in [0.15, 0.2) is 18.2 Å².